The Labute approximate surface area is 176 Å². The van der Waals surface area contributed by atoms with Crippen LogP contribution in [0.2, 0.25) is 0 Å². The molecule has 3 aliphatic carbocycles. The van der Waals surface area contributed by atoms with Crippen molar-refractivity contribution in [3.63, 3.8) is 0 Å². The third kappa shape index (κ3) is 3.77. The molecule has 0 aromatic rings. The summed E-state index contributed by atoms with van der Waals surface area (Å²) >= 11 is 2.60. The summed E-state index contributed by atoms with van der Waals surface area (Å²) in [7, 11) is 0. The molecule has 0 heterocycles. The zero-order valence-corrected chi connectivity index (χ0v) is 18.9. The molecule has 6 atom stereocenters. The third-order valence-electron chi connectivity index (χ3n) is 7.60. The maximum Gasteiger partial charge on any atom is 0.226 e. The lowest BCUT2D eigenvalue weighted by molar-refractivity contribution is -0.143. The van der Waals surface area contributed by atoms with Gasteiger partial charge in [0.25, 0.3) is 0 Å². The van der Waals surface area contributed by atoms with E-state index in [1.807, 2.05) is 0 Å². The predicted molar refractivity (Wildman–Crippen MR) is 115 cm³/mol. The lowest BCUT2D eigenvalue weighted by Gasteiger charge is -2.58. The van der Waals surface area contributed by atoms with Crippen molar-refractivity contribution in [2.75, 3.05) is 0 Å². The van der Waals surface area contributed by atoms with E-state index < -0.39 is 11.5 Å². The molecule has 5 heteroatoms. The van der Waals surface area contributed by atoms with Gasteiger partial charge in [0, 0.05) is 9.84 Å². The van der Waals surface area contributed by atoms with Crippen LogP contribution >= 0.6 is 22.6 Å². The average Bonchev–Trinajstić information content (AvgIpc) is 2.59. The fraction of sp³-hybridized carbons (Fsp3) is 0.773. The lowest BCUT2D eigenvalue weighted by atomic mass is 9.46. The molecule has 3 aliphatic rings. The van der Waals surface area contributed by atoms with Crippen LogP contribution in [0, 0.1) is 22.7 Å². The molecule has 0 radical (unpaired) electrons. The van der Waals surface area contributed by atoms with Crippen LogP contribution in [-0.4, -0.2) is 27.9 Å². The molecule has 0 saturated heterocycles. The second-order valence-corrected chi connectivity index (χ2v) is 12.2. The summed E-state index contributed by atoms with van der Waals surface area (Å²) in [6, 6.07) is -0.704. The SMILES string of the molecule is C[C@]1(I)CC=C2C(CCC3[C@](C)(C(=O)N[C@H](C=O)CC=O)CCC[C@@]23C)C1. The number of alkyl halides is 1. The number of aldehydes is 2. The molecule has 150 valence electrons. The molecule has 0 bridgehead atoms. The van der Waals surface area contributed by atoms with Gasteiger partial charge < -0.3 is 14.9 Å². The first-order valence-corrected chi connectivity index (χ1v) is 11.3. The number of fused-ring (bicyclic) bond motifs is 3. The lowest BCUT2D eigenvalue weighted by Crippen LogP contribution is -2.57. The number of rotatable bonds is 5. The number of carbonyl (C=O) groups is 3. The Hall–Kier alpha value is -0.720. The molecule has 0 aromatic heterocycles. The van der Waals surface area contributed by atoms with Crippen molar-refractivity contribution in [1.82, 2.24) is 5.32 Å². The molecule has 1 amide bonds. The van der Waals surface area contributed by atoms with Gasteiger partial charge in [0.1, 0.15) is 12.6 Å². The van der Waals surface area contributed by atoms with E-state index in [0.29, 0.717) is 27.8 Å². The fourth-order valence-corrected chi connectivity index (χ4v) is 6.99. The minimum Gasteiger partial charge on any atom is -0.346 e. The van der Waals surface area contributed by atoms with Gasteiger partial charge in [0.05, 0.1) is 11.5 Å². The Kier molecular flexibility index (Phi) is 5.91. The molecule has 3 rings (SSSR count). The zero-order chi connectivity index (χ0) is 19.9. The fourth-order valence-electron chi connectivity index (χ4n) is 6.24. The smallest absolute Gasteiger partial charge is 0.226 e. The Balaban J connectivity index is 1.88. The summed E-state index contributed by atoms with van der Waals surface area (Å²) in [5, 5.41) is 2.85. The Bertz CT molecular complexity index is 658. The highest BCUT2D eigenvalue weighted by molar-refractivity contribution is 14.1. The van der Waals surface area contributed by atoms with E-state index in [9.17, 15) is 14.4 Å². The van der Waals surface area contributed by atoms with Crippen molar-refractivity contribution in [3.8, 4) is 0 Å². The zero-order valence-electron chi connectivity index (χ0n) is 16.7. The standard InChI is InChI=1S/C22H32INO3/c1-20(23)11-7-17-15(13-20)5-6-18-21(17,2)9-4-10-22(18,3)19(27)24-16(14-26)8-12-25/h7,12,14-16,18H,4-6,8-11,13H2,1-3H3,(H,24,27)/t15?,16-,18?,20-,21-,22+/m0/s1. The van der Waals surface area contributed by atoms with Gasteiger partial charge in [-0.25, -0.2) is 0 Å². The second kappa shape index (κ2) is 7.60. The number of nitrogens with one attached hydrogen (secondary N) is 1. The highest BCUT2D eigenvalue weighted by Crippen LogP contribution is 2.63. The van der Waals surface area contributed by atoms with Gasteiger partial charge in [-0.3, -0.25) is 4.79 Å². The normalized spacial score (nSPS) is 42.1. The first kappa shape index (κ1) is 21.0. The largest absolute Gasteiger partial charge is 0.346 e. The molecule has 1 N–H and O–H groups in total. The minimum absolute atomic E-state index is 0.0500. The van der Waals surface area contributed by atoms with Crippen molar-refractivity contribution in [3.05, 3.63) is 11.6 Å². The quantitative estimate of drug-likeness (QED) is 0.272. The first-order valence-electron chi connectivity index (χ1n) is 10.3. The molecule has 2 saturated carbocycles. The molecule has 4 nitrogen and oxygen atoms in total. The number of amides is 1. The summed E-state index contributed by atoms with van der Waals surface area (Å²) in [5.74, 6) is 0.888. The maximum atomic E-state index is 13.2. The van der Waals surface area contributed by atoms with Crippen LogP contribution in [0.4, 0.5) is 0 Å². The first-order chi connectivity index (χ1) is 12.7. The molecule has 2 unspecified atom stereocenters. The molecule has 0 aromatic carbocycles. The number of hydrogen-bond acceptors (Lipinski definition) is 3. The van der Waals surface area contributed by atoms with E-state index in [1.165, 1.54) is 6.42 Å². The topological polar surface area (TPSA) is 63.2 Å². The monoisotopic (exact) mass is 485 g/mol. The Morgan fingerprint density at radius 2 is 2.04 bits per heavy atom. The van der Waals surface area contributed by atoms with Crippen LogP contribution in [0.15, 0.2) is 11.6 Å². The van der Waals surface area contributed by atoms with Crippen molar-refractivity contribution in [2.24, 2.45) is 22.7 Å². The van der Waals surface area contributed by atoms with Crippen molar-refractivity contribution in [2.45, 2.75) is 81.6 Å². The summed E-state index contributed by atoms with van der Waals surface area (Å²) < 4.78 is 0.344. The van der Waals surface area contributed by atoms with E-state index in [2.05, 4.69) is 54.8 Å². The summed E-state index contributed by atoms with van der Waals surface area (Å²) in [6.45, 7) is 6.80. The van der Waals surface area contributed by atoms with E-state index in [-0.39, 0.29) is 17.7 Å². The molecular weight excluding hydrogens is 453 g/mol. The summed E-state index contributed by atoms with van der Waals surface area (Å²) in [5.41, 5.74) is 1.18. The summed E-state index contributed by atoms with van der Waals surface area (Å²) in [6.07, 6.45) is 11.5. The van der Waals surface area contributed by atoms with Gasteiger partial charge >= 0.3 is 0 Å². The molecule has 2 fully saturated rings. The third-order valence-corrected chi connectivity index (χ3v) is 8.48. The molecule has 0 spiro atoms. The number of hydrogen-bond donors (Lipinski definition) is 1. The van der Waals surface area contributed by atoms with Crippen LogP contribution in [0.5, 0.6) is 0 Å². The summed E-state index contributed by atoms with van der Waals surface area (Å²) in [4.78, 5) is 35.2. The Morgan fingerprint density at radius 1 is 1.30 bits per heavy atom. The van der Waals surface area contributed by atoms with E-state index >= 15 is 0 Å². The van der Waals surface area contributed by atoms with Crippen LogP contribution in [0.3, 0.4) is 0 Å². The number of halogens is 1. The van der Waals surface area contributed by atoms with Crippen LogP contribution < -0.4 is 5.32 Å². The van der Waals surface area contributed by atoms with Crippen molar-refractivity contribution >= 4 is 41.1 Å². The minimum atomic E-state index is -0.704. The molecular formula is C22H32INO3. The van der Waals surface area contributed by atoms with Crippen LogP contribution in [-0.2, 0) is 14.4 Å². The van der Waals surface area contributed by atoms with Crippen molar-refractivity contribution in [1.29, 1.82) is 0 Å². The van der Waals surface area contributed by atoms with Gasteiger partial charge in [0.2, 0.25) is 5.91 Å². The molecule has 0 aliphatic heterocycles. The second-order valence-electron chi connectivity index (χ2n) is 9.61. The van der Waals surface area contributed by atoms with Gasteiger partial charge in [-0.2, -0.15) is 0 Å². The van der Waals surface area contributed by atoms with E-state index in [1.54, 1.807) is 5.57 Å². The van der Waals surface area contributed by atoms with Crippen LogP contribution in [0.1, 0.15) is 72.1 Å². The average molecular weight is 485 g/mol. The predicted octanol–water partition coefficient (Wildman–Crippen LogP) is 4.40. The van der Waals surface area contributed by atoms with Gasteiger partial charge in [-0.15, -0.1) is 0 Å². The Morgan fingerprint density at radius 3 is 2.70 bits per heavy atom. The van der Waals surface area contributed by atoms with Gasteiger partial charge in [0.15, 0.2) is 0 Å². The van der Waals surface area contributed by atoms with Crippen LogP contribution in [0.25, 0.3) is 0 Å². The van der Waals surface area contributed by atoms with Crippen molar-refractivity contribution < 1.29 is 14.4 Å². The molecule has 27 heavy (non-hydrogen) atoms. The van der Waals surface area contributed by atoms with Gasteiger partial charge in [-0.05, 0) is 55.8 Å². The van der Waals surface area contributed by atoms with Gasteiger partial charge in [-0.1, -0.05) is 61.4 Å². The number of carbonyl (C=O) groups excluding carboxylic acids is 3. The highest BCUT2D eigenvalue weighted by Gasteiger charge is 2.57. The maximum absolute atomic E-state index is 13.2. The number of allylic oxidation sites excluding steroid dienone is 2. The van der Waals surface area contributed by atoms with E-state index in [4.69, 9.17) is 0 Å². The van der Waals surface area contributed by atoms with E-state index in [0.717, 1.165) is 38.5 Å². The highest BCUT2D eigenvalue weighted by atomic mass is 127.